The molecule has 3 aromatic rings. The van der Waals surface area contributed by atoms with Gasteiger partial charge in [-0.3, -0.25) is 0 Å². The van der Waals surface area contributed by atoms with E-state index in [-0.39, 0.29) is 5.82 Å². The number of nitrogens with zero attached hydrogens (tertiary/aromatic N) is 3. The van der Waals surface area contributed by atoms with Crippen LogP contribution in [0.2, 0.25) is 0 Å². The monoisotopic (exact) mass is 286 g/mol. The van der Waals surface area contributed by atoms with Gasteiger partial charge in [0.1, 0.15) is 23.6 Å². The van der Waals surface area contributed by atoms with Crippen LogP contribution in [0.3, 0.4) is 0 Å². The molecule has 2 aromatic heterocycles. The number of rotatable bonds is 1. The van der Waals surface area contributed by atoms with Crippen molar-refractivity contribution in [3.63, 3.8) is 0 Å². The molecule has 2 N–H and O–H groups in total. The van der Waals surface area contributed by atoms with Gasteiger partial charge in [0.2, 0.25) is 0 Å². The number of hydrogen-bond acceptors (Lipinski definition) is 3. The summed E-state index contributed by atoms with van der Waals surface area (Å²) in [6.45, 7) is 5.99. The molecule has 2 heterocycles. The highest BCUT2D eigenvalue weighted by Gasteiger charge is 2.17. The highest BCUT2D eigenvalue weighted by molar-refractivity contribution is 6.02. The number of hydrogen-bond donors (Lipinski definition) is 1. The number of aromatic nitrogens is 3. The van der Waals surface area contributed by atoms with Crippen LogP contribution in [0.25, 0.3) is 22.2 Å². The summed E-state index contributed by atoms with van der Waals surface area (Å²) in [5.74, 6) is 0.180. The van der Waals surface area contributed by atoms with Crippen LogP contribution >= 0.6 is 0 Å². The molecule has 0 unspecified atom stereocenters. The van der Waals surface area contributed by atoms with E-state index in [1.807, 2.05) is 32.4 Å². The Morgan fingerprint density at radius 3 is 2.33 bits per heavy atom. The van der Waals surface area contributed by atoms with E-state index in [2.05, 4.69) is 9.97 Å². The lowest BCUT2D eigenvalue weighted by molar-refractivity contribution is 0.628. The molecule has 3 rings (SSSR count). The van der Waals surface area contributed by atoms with Gasteiger partial charge in [-0.1, -0.05) is 26.0 Å². The predicted molar refractivity (Wildman–Crippen MR) is 84.4 cm³/mol. The maximum Gasteiger partial charge on any atom is 0.146 e. The summed E-state index contributed by atoms with van der Waals surface area (Å²) in [7, 11) is 1.93. The first-order valence-electron chi connectivity index (χ1n) is 6.91. The summed E-state index contributed by atoms with van der Waals surface area (Å²) >= 11 is 0. The molecule has 0 amide bonds. The molecule has 4 nitrogen and oxygen atoms in total. The average molecular weight is 286 g/mol. The summed E-state index contributed by atoms with van der Waals surface area (Å²) < 4.78 is 15.0. The van der Waals surface area contributed by atoms with Gasteiger partial charge >= 0.3 is 0 Å². The maximum absolute atomic E-state index is 13.0. The summed E-state index contributed by atoms with van der Waals surface area (Å²) in [5.41, 5.74) is 9.63. The third-order valence-electron chi connectivity index (χ3n) is 3.42. The van der Waals surface area contributed by atoms with Crippen LogP contribution in [0.1, 0.15) is 19.5 Å². The molecular formula is C16H19FN4. The number of nitrogen functional groups attached to an aromatic ring is 1. The second-order valence-corrected chi connectivity index (χ2v) is 4.48. The average Bonchev–Trinajstić information content (AvgIpc) is 2.76. The number of anilines is 1. The van der Waals surface area contributed by atoms with Gasteiger partial charge < -0.3 is 10.3 Å². The number of fused-ring (bicyclic) bond motifs is 1. The quantitative estimate of drug-likeness (QED) is 0.742. The van der Waals surface area contributed by atoms with Gasteiger partial charge in [-0.05, 0) is 24.6 Å². The van der Waals surface area contributed by atoms with Crippen molar-refractivity contribution in [1.29, 1.82) is 0 Å². The van der Waals surface area contributed by atoms with Crippen molar-refractivity contribution >= 4 is 16.9 Å². The van der Waals surface area contributed by atoms with E-state index in [1.165, 1.54) is 18.5 Å². The van der Waals surface area contributed by atoms with E-state index in [9.17, 15) is 4.39 Å². The van der Waals surface area contributed by atoms with Gasteiger partial charge in [-0.25, -0.2) is 14.4 Å². The molecule has 1 aromatic carbocycles. The normalized spacial score (nSPS) is 10.3. The molecule has 0 aliphatic carbocycles. The summed E-state index contributed by atoms with van der Waals surface area (Å²) in [4.78, 5) is 8.31. The number of halogens is 1. The highest BCUT2D eigenvalue weighted by atomic mass is 19.1. The molecule has 0 fully saturated rings. The van der Waals surface area contributed by atoms with Crippen LogP contribution in [0.5, 0.6) is 0 Å². The Bertz CT molecular complexity index is 760. The third kappa shape index (κ3) is 2.46. The molecule has 0 aliphatic heterocycles. The molecule has 110 valence electrons. The van der Waals surface area contributed by atoms with E-state index >= 15 is 0 Å². The molecule has 0 atom stereocenters. The molecule has 21 heavy (non-hydrogen) atoms. The van der Waals surface area contributed by atoms with Crippen molar-refractivity contribution in [3.05, 3.63) is 42.1 Å². The largest absolute Gasteiger partial charge is 0.383 e. The Labute approximate surface area is 123 Å². The van der Waals surface area contributed by atoms with Crippen molar-refractivity contribution in [2.75, 3.05) is 5.73 Å². The minimum atomic E-state index is -0.258. The lowest BCUT2D eigenvalue weighted by Gasteiger charge is -2.03. The Hall–Kier alpha value is -2.43. The van der Waals surface area contributed by atoms with Crippen LogP contribution < -0.4 is 5.73 Å². The Morgan fingerprint density at radius 2 is 1.71 bits per heavy atom. The topological polar surface area (TPSA) is 56.7 Å². The number of nitrogens with two attached hydrogens (primary N) is 1. The van der Waals surface area contributed by atoms with Gasteiger partial charge in [-0.2, -0.15) is 0 Å². The minimum absolute atomic E-state index is 0.258. The summed E-state index contributed by atoms with van der Waals surface area (Å²) in [6.07, 6.45) is 1.45. The highest BCUT2D eigenvalue weighted by Crippen LogP contribution is 2.35. The number of aryl methyl sites for hydroxylation is 1. The van der Waals surface area contributed by atoms with Gasteiger partial charge in [0, 0.05) is 18.3 Å². The predicted octanol–water partition coefficient (Wildman–Crippen LogP) is 3.69. The Kier molecular flexibility index (Phi) is 4.21. The van der Waals surface area contributed by atoms with Crippen molar-refractivity contribution in [3.8, 4) is 11.1 Å². The maximum atomic E-state index is 13.0. The van der Waals surface area contributed by atoms with E-state index in [4.69, 9.17) is 5.73 Å². The van der Waals surface area contributed by atoms with Gasteiger partial charge in [0.05, 0.1) is 5.39 Å². The molecule has 0 saturated heterocycles. The SMILES string of the molecule is CC.Cc1c(-c2ccc(F)cc2)c2c(N)ncnc2n1C. The van der Waals surface area contributed by atoms with Crippen LogP contribution in [0.15, 0.2) is 30.6 Å². The van der Waals surface area contributed by atoms with E-state index < -0.39 is 0 Å². The molecule has 0 radical (unpaired) electrons. The summed E-state index contributed by atoms with van der Waals surface area (Å²) in [5, 5.41) is 0.814. The van der Waals surface area contributed by atoms with Gasteiger partial charge in [0.15, 0.2) is 0 Å². The molecular weight excluding hydrogens is 267 g/mol. The van der Waals surface area contributed by atoms with Crippen molar-refractivity contribution in [2.24, 2.45) is 7.05 Å². The standard InChI is InChI=1S/C14H13FN4.C2H6/c1-8-11(9-3-5-10(15)6-4-9)12-13(16)17-7-18-14(12)19(8)2;1-2/h3-7H,1-2H3,(H2,16,17,18);1-2H3. The lowest BCUT2D eigenvalue weighted by atomic mass is 10.0. The fourth-order valence-electron chi connectivity index (χ4n) is 2.36. The van der Waals surface area contributed by atoms with Gasteiger partial charge in [-0.15, -0.1) is 0 Å². The van der Waals surface area contributed by atoms with Crippen LogP contribution in [0, 0.1) is 12.7 Å². The van der Waals surface area contributed by atoms with Crippen molar-refractivity contribution < 1.29 is 4.39 Å². The number of benzene rings is 1. The van der Waals surface area contributed by atoms with E-state index in [0.29, 0.717) is 5.82 Å². The van der Waals surface area contributed by atoms with E-state index in [1.54, 1.807) is 12.1 Å². The third-order valence-corrected chi connectivity index (χ3v) is 3.42. The Morgan fingerprint density at radius 1 is 1.10 bits per heavy atom. The zero-order valence-corrected chi connectivity index (χ0v) is 12.7. The molecule has 0 bridgehead atoms. The van der Waals surface area contributed by atoms with Crippen LogP contribution in [0.4, 0.5) is 10.2 Å². The van der Waals surface area contributed by atoms with Gasteiger partial charge in [0.25, 0.3) is 0 Å². The zero-order chi connectivity index (χ0) is 15.6. The van der Waals surface area contributed by atoms with Crippen LogP contribution in [-0.2, 0) is 7.05 Å². The summed E-state index contributed by atoms with van der Waals surface area (Å²) in [6, 6.07) is 6.36. The lowest BCUT2D eigenvalue weighted by Crippen LogP contribution is -1.95. The molecule has 0 spiro atoms. The van der Waals surface area contributed by atoms with Crippen LogP contribution in [-0.4, -0.2) is 14.5 Å². The first-order chi connectivity index (χ1) is 10.1. The van der Waals surface area contributed by atoms with Crippen molar-refractivity contribution in [1.82, 2.24) is 14.5 Å². The second-order valence-electron chi connectivity index (χ2n) is 4.48. The first kappa shape index (κ1) is 15.0. The fraction of sp³-hybridized carbons (Fsp3) is 0.250. The molecule has 0 saturated carbocycles. The first-order valence-corrected chi connectivity index (χ1v) is 6.91. The van der Waals surface area contributed by atoms with Crippen molar-refractivity contribution in [2.45, 2.75) is 20.8 Å². The second kappa shape index (κ2) is 5.91. The smallest absolute Gasteiger partial charge is 0.146 e. The van der Waals surface area contributed by atoms with E-state index in [0.717, 1.165) is 27.9 Å². The minimum Gasteiger partial charge on any atom is -0.383 e. The fourth-order valence-corrected chi connectivity index (χ4v) is 2.36. The zero-order valence-electron chi connectivity index (χ0n) is 12.7. The Balaban J connectivity index is 0.000000774. The molecule has 0 aliphatic rings. The molecule has 5 heteroatoms.